The summed E-state index contributed by atoms with van der Waals surface area (Å²) in [6.45, 7) is 0. The number of benzene rings is 12. The average Bonchev–Trinajstić information content (AvgIpc) is 3.36. The summed E-state index contributed by atoms with van der Waals surface area (Å²) in [5, 5.41) is 16.5. The van der Waals surface area contributed by atoms with Crippen LogP contribution in [0.1, 0.15) is 0 Å². The molecule has 0 bridgehead atoms. The van der Waals surface area contributed by atoms with E-state index in [-0.39, 0.29) is 0 Å². The van der Waals surface area contributed by atoms with E-state index in [4.69, 9.17) is 0 Å². The number of anilines is 2. The van der Waals surface area contributed by atoms with Crippen LogP contribution < -0.4 is 5.32 Å². The summed E-state index contributed by atoms with van der Waals surface area (Å²) in [5.74, 6) is 0. The SMILES string of the molecule is c1ccc(-c2ccc(-c3ccc(-c4ccccc4)c(-c4cc5ccccc5c5c4ccc4ccccc45)c3)c(Nc3ccc(-c4cc5ccccc5c5ccccc45)cc3)c2)cc1. The zero-order valence-electron chi connectivity index (χ0n) is 34.6. The Morgan fingerprint density at radius 3 is 1.49 bits per heavy atom. The molecule has 12 aromatic carbocycles. The molecule has 12 rings (SSSR count). The third kappa shape index (κ3) is 6.50. The Labute approximate surface area is 367 Å². The van der Waals surface area contributed by atoms with Gasteiger partial charge in [0.2, 0.25) is 0 Å². The van der Waals surface area contributed by atoms with Crippen molar-refractivity contribution in [3.8, 4) is 55.6 Å². The summed E-state index contributed by atoms with van der Waals surface area (Å²) in [4.78, 5) is 0. The van der Waals surface area contributed by atoms with E-state index in [9.17, 15) is 0 Å². The Bertz CT molecular complexity index is 3660. The van der Waals surface area contributed by atoms with Crippen LogP contribution in [0.4, 0.5) is 11.4 Å². The standard InChI is InChI=1S/C62H41N/c1-3-15-41(16-4-1)45-30-35-52(61(40-45)63-49-32-27-44(28-33-49)58-37-46-20-8-10-22-50(46)55-25-13-14-26-56(55)58)48-31-34-51(42-17-5-2-6-18-42)59(39-48)60-38-47-21-9-12-24-54(47)62-53-23-11-7-19-43(53)29-36-57(60)62/h1-40,63H. The molecule has 1 heteroatoms. The molecule has 0 spiro atoms. The number of rotatable bonds is 7. The van der Waals surface area contributed by atoms with E-state index < -0.39 is 0 Å². The van der Waals surface area contributed by atoms with Gasteiger partial charge in [-0.3, -0.25) is 0 Å². The zero-order valence-corrected chi connectivity index (χ0v) is 34.6. The van der Waals surface area contributed by atoms with Crippen molar-refractivity contribution in [1.29, 1.82) is 0 Å². The van der Waals surface area contributed by atoms with Crippen LogP contribution >= 0.6 is 0 Å². The molecule has 0 heterocycles. The van der Waals surface area contributed by atoms with Crippen molar-refractivity contribution in [3.63, 3.8) is 0 Å². The molecule has 1 N–H and O–H groups in total. The van der Waals surface area contributed by atoms with Gasteiger partial charge >= 0.3 is 0 Å². The zero-order chi connectivity index (χ0) is 41.7. The number of fused-ring (bicyclic) bond motifs is 8. The van der Waals surface area contributed by atoms with Crippen LogP contribution in [0.5, 0.6) is 0 Å². The van der Waals surface area contributed by atoms with Crippen LogP contribution in [0.2, 0.25) is 0 Å². The molecule has 0 aromatic heterocycles. The maximum atomic E-state index is 3.91. The van der Waals surface area contributed by atoms with Gasteiger partial charge in [0.1, 0.15) is 0 Å². The minimum atomic E-state index is 1.03. The van der Waals surface area contributed by atoms with E-state index in [1.165, 1.54) is 92.8 Å². The maximum absolute atomic E-state index is 3.91. The first-order valence-electron chi connectivity index (χ1n) is 21.7. The number of nitrogens with one attached hydrogen (secondary N) is 1. The predicted octanol–water partition coefficient (Wildman–Crippen LogP) is 17.5. The molecule has 0 amide bonds. The lowest BCUT2D eigenvalue weighted by Gasteiger charge is -2.19. The van der Waals surface area contributed by atoms with Gasteiger partial charge in [0.05, 0.1) is 0 Å². The Morgan fingerprint density at radius 2 is 0.746 bits per heavy atom. The third-order valence-electron chi connectivity index (χ3n) is 12.8. The van der Waals surface area contributed by atoms with Crippen molar-refractivity contribution >= 4 is 65.2 Å². The lowest BCUT2D eigenvalue weighted by atomic mass is 9.85. The molecule has 0 fully saturated rings. The van der Waals surface area contributed by atoms with Gasteiger partial charge in [0, 0.05) is 16.9 Å². The molecule has 0 aliphatic carbocycles. The number of hydrogen-bond acceptors (Lipinski definition) is 1. The molecule has 0 aliphatic heterocycles. The summed E-state index contributed by atoms with van der Waals surface area (Å²) < 4.78 is 0. The Kier molecular flexibility index (Phi) is 8.90. The normalized spacial score (nSPS) is 11.5. The summed E-state index contributed by atoms with van der Waals surface area (Å²) in [7, 11) is 0. The Morgan fingerprint density at radius 1 is 0.222 bits per heavy atom. The fourth-order valence-electron chi connectivity index (χ4n) is 9.79. The Balaban J connectivity index is 1.02. The van der Waals surface area contributed by atoms with Crippen LogP contribution in [0.15, 0.2) is 243 Å². The van der Waals surface area contributed by atoms with Gasteiger partial charge < -0.3 is 5.32 Å². The first-order valence-corrected chi connectivity index (χ1v) is 21.7. The minimum absolute atomic E-state index is 1.03. The van der Waals surface area contributed by atoms with Crippen molar-refractivity contribution in [2.75, 3.05) is 5.32 Å². The van der Waals surface area contributed by atoms with Gasteiger partial charge in [0.15, 0.2) is 0 Å². The molecule has 63 heavy (non-hydrogen) atoms. The maximum Gasteiger partial charge on any atom is 0.0470 e. The largest absolute Gasteiger partial charge is 0.355 e. The molecule has 0 saturated carbocycles. The number of hydrogen-bond donors (Lipinski definition) is 1. The highest BCUT2D eigenvalue weighted by atomic mass is 14.9. The highest BCUT2D eigenvalue weighted by Gasteiger charge is 2.18. The van der Waals surface area contributed by atoms with Gasteiger partial charge in [-0.2, -0.15) is 0 Å². The van der Waals surface area contributed by atoms with Crippen molar-refractivity contribution in [2.24, 2.45) is 0 Å². The van der Waals surface area contributed by atoms with E-state index in [0.717, 1.165) is 28.1 Å². The predicted molar refractivity (Wildman–Crippen MR) is 271 cm³/mol. The van der Waals surface area contributed by atoms with Crippen molar-refractivity contribution < 1.29 is 0 Å². The van der Waals surface area contributed by atoms with E-state index >= 15 is 0 Å². The quantitative estimate of drug-likeness (QED) is 0.158. The summed E-state index contributed by atoms with van der Waals surface area (Å²) >= 11 is 0. The van der Waals surface area contributed by atoms with Crippen LogP contribution in [-0.4, -0.2) is 0 Å². The molecule has 12 aromatic rings. The van der Waals surface area contributed by atoms with Crippen molar-refractivity contribution in [3.05, 3.63) is 243 Å². The van der Waals surface area contributed by atoms with E-state index in [0.29, 0.717) is 0 Å². The monoisotopic (exact) mass is 799 g/mol. The smallest absolute Gasteiger partial charge is 0.0470 e. The second-order valence-corrected chi connectivity index (χ2v) is 16.5. The molecule has 1 nitrogen and oxygen atoms in total. The lowest BCUT2D eigenvalue weighted by molar-refractivity contribution is 1.52. The molecule has 0 radical (unpaired) electrons. The van der Waals surface area contributed by atoms with E-state index in [1.807, 2.05) is 0 Å². The third-order valence-corrected chi connectivity index (χ3v) is 12.8. The topological polar surface area (TPSA) is 12.0 Å². The highest BCUT2D eigenvalue weighted by Crippen LogP contribution is 2.45. The molecular formula is C62H41N. The van der Waals surface area contributed by atoms with Gasteiger partial charge in [-0.25, -0.2) is 0 Å². The molecule has 0 saturated heterocycles. The Hall–Kier alpha value is -8.26. The second-order valence-electron chi connectivity index (χ2n) is 16.5. The van der Waals surface area contributed by atoms with Crippen LogP contribution in [0.25, 0.3) is 109 Å². The van der Waals surface area contributed by atoms with E-state index in [2.05, 4.69) is 248 Å². The molecule has 294 valence electrons. The highest BCUT2D eigenvalue weighted by molar-refractivity contribution is 6.24. The molecule has 0 atom stereocenters. The van der Waals surface area contributed by atoms with Gasteiger partial charge in [0.25, 0.3) is 0 Å². The molecule has 0 unspecified atom stereocenters. The first kappa shape index (κ1) is 36.6. The summed E-state index contributed by atoms with van der Waals surface area (Å²) in [5.41, 5.74) is 14.0. The molecular weight excluding hydrogens is 759 g/mol. The summed E-state index contributed by atoms with van der Waals surface area (Å²) in [6, 6.07) is 88.7. The summed E-state index contributed by atoms with van der Waals surface area (Å²) in [6.07, 6.45) is 0. The van der Waals surface area contributed by atoms with Gasteiger partial charge in [-0.1, -0.05) is 206 Å². The molecule has 0 aliphatic rings. The first-order chi connectivity index (χ1) is 31.2. The van der Waals surface area contributed by atoms with Crippen LogP contribution in [0, 0.1) is 0 Å². The van der Waals surface area contributed by atoms with Gasteiger partial charge in [-0.15, -0.1) is 0 Å². The van der Waals surface area contributed by atoms with Gasteiger partial charge in [-0.05, 0) is 140 Å². The van der Waals surface area contributed by atoms with Crippen molar-refractivity contribution in [1.82, 2.24) is 0 Å². The lowest BCUT2D eigenvalue weighted by Crippen LogP contribution is -1.96. The van der Waals surface area contributed by atoms with E-state index in [1.54, 1.807) is 0 Å². The van der Waals surface area contributed by atoms with Crippen LogP contribution in [0.3, 0.4) is 0 Å². The van der Waals surface area contributed by atoms with Crippen LogP contribution in [-0.2, 0) is 0 Å². The average molecular weight is 800 g/mol. The van der Waals surface area contributed by atoms with Crippen molar-refractivity contribution in [2.45, 2.75) is 0 Å². The fourth-order valence-corrected chi connectivity index (χ4v) is 9.79. The fraction of sp³-hybridized carbons (Fsp3) is 0. The minimum Gasteiger partial charge on any atom is -0.355 e. The second kappa shape index (κ2) is 15.3.